The monoisotopic (exact) mass is 562 g/mol. The second-order valence-electron chi connectivity index (χ2n) is 11.0. The van der Waals surface area contributed by atoms with Crippen LogP contribution in [0.15, 0.2) is 77.8 Å². The number of benzene rings is 2. The number of aromatic amines is 1. The smallest absolute Gasteiger partial charge is 0.324 e. The van der Waals surface area contributed by atoms with Crippen LogP contribution in [0.25, 0.3) is 27.6 Å². The number of nitrogen functional groups attached to an aromatic ring is 1. The van der Waals surface area contributed by atoms with Crippen molar-refractivity contribution in [3.63, 3.8) is 0 Å². The summed E-state index contributed by atoms with van der Waals surface area (Å²) in [5.41, 5.74) is 8.12. The van der Waals surface area contributed by atoms with Gasteiger partial charge in [0.15, 0.2) is 22.7 Å². The zero-order chi connectivity index (χ0) is 29.4. The number of hydrogen-bond acceptors (Lipinski definition) is 7. The standard InChI is InChI=1S/C31H30N8O3/c1-31(2,3)24-17-25(39(38-24)18-9-5-4-6-10-18)35-30(41)34-21-13-14-22(20-12-8-7-11-19(20)21)42-23-15-16-33-28-26(23)36-27(32)29(40)37-28/h4-5,7-9,11-17H,6,10H2,1-3H3,(H2,32,36)(H,33,37,40)(H2,34,35,41). The van der Waals surface area contributed by atoms with Crippen LogP contribution >= 0.6 is 0 Å². The molecular weight excluding hydrogens is 532 g/mol. The molecule has 212 valence electrons. The fourth-order valence-corrected chi connectivity index (χ4v) is 4.74. The van der Waals surface area contributed by atoms with E-state index < -0.39 is 11.6 Å². The fourth-order valence-electron chi connectivity index (χ4n) is 4.74. The summed E-state index contributed by atoms with van der Waals surface area (Å²) in [6.45, 7) is 6.27. The summed E-state index contributed by atoms with van der Waals surface area (Å²) in [4.78, 5) is 36.1. The Kier molecular flexibility index (Phi) is 6.69. The zero-order valence-corrected chi connectivity index (χ0v) is 23.4. The summed E-state index contributed by atoms with van der Waals surface area (Å²) in [7, 11) is 0. The summed E-state index contributed by atoms with van der Waals surface area (Å²) < 4.78 is 8.05. The molecule has 42 heavy (non-hydrogen) atoms. The second kappa shape index (κ2) is 10.5. The Morgan fingerprint density at radius 3 is 2.64 bits per heavy atom. The minimum Gasteiger partial charge on any atom is -0.454 e. The quantitative estimate of drug-likeness (QED) is 0.200. The molecule has 0 fully saturated rings. The highest BCUT2D eigenvalue weighted by Crippen LogP contribution is 2.36. The van der Waals surface area contributed by atoms with Crippen LogP contribution in [0.1, 0.15) is 39.3 Å². The summed E-state index contributed by atoms with van der Waals surface area (Å²) >= 11 is 0. The van der Waals surface area contributed by atoms with Crippen LogP contribution in [0.3, 0.4) is 0 Å². The van der Waals surface area contributed by atoms with Crippen molar-refractivity contribution in [2.75, 3.05) is 16.4 Å². The number of H-pyrrole nitrogens is 1. The van der Waals surface area contributed by atoms with E-state index in [2.05, 4.69) is 52.4 Å². The summed E-state index contributed by atoms with van der Waals surface area (Å²) in [5, 5.41) is 12.3. The fraction of sp³-hybridized carbons (Fsp3) is 0.194. The number of fused-ring (bicyclic) bond motifs is 2. The number of nitrogens with zero attached hydrogens (tertiary/aromatic N) is 4. The number of anilines is 3. The highest BCUT2D eigenvalue weighted by Gasteiger charge is 2.23. The zero-order valence-electron chi connectivity index (χ0n) is 23.4. The van der Waals surface area contributed by atoms with E-state index in [1.54, 1.807) is 18.2 Å². The largest absolute Gasteiger partial charge is 0.454 e. The third kappa shape index (κ3) is 5.19. The molecule has 0 saturated carbocycles. The second-order valence-corrected chi connectivity index (χ2v) is 11.0. The van der Waals surface area contributed by atoms with Crippen molar-refractivity contribution in [2.24, 2.45) is 0 Å². The van der Waals surface area contributed by atoms with E-state index in [1.807, 2.05) is 47.2 Å². The molecule has 0 aliphatic heterocycles. The predicted octanol–water partition coefficient (Wildman–Crippen LogP) is 6.17. The molecule has 2 amide bonds. The maximum Gasteiger partial charge on any atom is 0.324 e. The molecule has 0 unspecified atom stereocenters. The van der Waals surface area contributed by atoms with Crippen molar-refractivity contribution in [3.05, 3.63) is 89.0 Å². The molecule has 1 aliphatic carbocycles. The SMILES string of the molecule is CC(C)(C)c1cc(NC(=O)Nc2ccc(Oc3ccnc4[nH]c(=O)c(N)nc34)c3ccccc23)n(C2=CC=CCC2)n1. The van der Waals surface area contributed by atoms with Gasteiger partial charge in [-0.2, -0.15) is 5.10 Å². The van der Waals surface area contributed by atoms with Gasteiger partial charge in [-0.1, -0.05) is 57.2 Å². The Bertz CT molecular complexity index is 1960. The molecule has 1 aliphatic rings. The van der Waals surface area contributed by atoms with Crippen LogP contribution in [0.5, 0.6) is 11.5 Å². The number of aromatic nitrogens is 5. The molecule has 3 aromatic heterocycles. The Morgan fingerprint density at radius 1 is 1.07 bits per heavy atom. The molecule has 5 N–H and O–H groups in total. The lowest BCUT2D eigenvalue weighted by Crippen LogP contribution is -2.21. The minimum atomic E-state index is -0.517. The van der Waals surface area contributed by atoms with Gasteiger partial charge in [-0.15, -0.1) is 0 Å². The molecule has 0 atom stereocenters. The van der Waals surface area contributed by atoms with Gasteiger partial charge < -0.3 is 20.8 Å². The average molecular weight is 563 g/mol. The summed E-state index contributed by atoms with van der Waals surface area (Å²) in [6.07, 6.45) is 9.40. The maximum absolute atomic E-state index is 13.3. The van der Waals surface area contributed by atoms with Crippen LogP contribution in [0.4, 0.5) is 22.1 Å². The van der Waals surface area contributed by atoms with E-state index in [-0.39, 0.29) is 16.9 Å². The molecule has 6 rings (SSSR count). The van der Waals surface area contributed by atoms with Crippen LogP contribution in [-0.4, -0.2) is 30.8 Å². The first-order chi connectivity index (χ1) is 20.2. The number of rotatable bonds is 5. The first kappa shape index (κ1) is 26.8. The topological polar surface area (TPSA) is 153 Å². The van der Waals surface area contributed by atoms with Gasteiger partial charge in [0.25, 0.3) is 5.56 Å². The summed E-state index contributed by atoms with van der Waals surface area (Å²) in [5.74, 6) is 1.32. The number of amides is 2. The number of hydrogen-bond donors (Lipinski definition) is 4. The Labute approximate surface area is 241 Å². The predicted molar refractivity (Wildman–Crippen MR) is 165 cm³/mol. The summed E-state index contributed by atoms with van der Waals surface area (Å²) in [6, 6.07) is 14.3. The third-order valence-electron chi connectivity index (χ3n) is 6.92. The Morgan fingerprint density at radius 2 is 1.88 bits per heavy atom. The van der Waals surface area contributed by atoms with E-state index in [1.165, 1.54) is 6.20 Å². The number of pyridine rings is 1. The highest BCUT2D eigenvalue weighted by molar-refractivity contribution is 6.07. The number of nitrogens with two attached hydrogens (primary N) is 1. The third-order valence-corrected chi connectivity index (χ3v) is 6.92. The van der Waals surface area contributed by atoms with Gasteiger partial charge in [-0.25, -0.2) is 19.4 Å². The van der Waals surface area contributed by atoms with Gasteiger partial charge in [0, 0.05) is 40.2 Å². The first-order valence-electron chi connectivity index (χ1n) is 13.6. The van der Waals surface area contributed by atoms with Gasteiger partial charge >= 0.3 is 6.03 Å². The molecule has 0 radical (unpaired) electrons. The number of allylic oxidation sites excluding steroid dienone is 4. The molecule has 0 saturated heterocycles. The van der Waals surface area contributed by atoms with Crippen molar-refractivity contribution in [1.29, 1.82) is 0 Å². The average Bonchev–Trinajstić information content (AvgIpc) is 3.40. The van der Waals surface area contributed by atoms with Gasteiger partial charge in [0.05, 0.1) is 11.4 Å². The van der Waals surface area contributed by atoms with E-state index in [0.717, 1.165) is 35.0 Å². The van der Waals surface area contributed by atoms with E-state index >= 15 is 0 Å². The van der Waals surface area contributed by atoms with Crippen molar-refractivity contribution >= 4 is 51.0 Å². The molecule has 0 spiro atoms. The Balaban J connectivity index is 1.30. The van der Waals surface area contributed by atoms with Crippen molar-refractivity contribution < 1.29 is 9.53 Å². The van der Waals surface area contributed by atoms with Crippen molar-refractivity contribution in [1.82, 2.24) is 24.7 Å². The van der Waals surface area contributed by atoms with Crippen molar-refractivity contribution in [2.45, 2.75) is 39.0 Å². The van der Waals surface area contributed by atoms with Crippen LogP contribution < -0.4 is 26.7 Å². The van der Waals surface area contributed by atoms with Crippen LogP contribution in [0, 0.1) is 0 Å². The van der Waals surface area contributed by atoms with Gasteiger partial charge in [0.2, 0.25) is 0 Å². The molecular formula is C31H30N8O3. The van der Waals surface area contributed by atoms with Gasteiger partial charge in [-0.3, -0.25) is 10.1 Å². The number of carbonyl (C=O) groups is 1. The number of nitrogens with one attached hydrogen (secondary N) is 3. The molecule has 11 nitrogen and oxygen atoms in total. The highest BCUT2D eigenvalue weighted by atomic mass is 16.5. The van der Waals surface area contributed by atoms with E-state index in [4.69, 9.17) is 15.6 Å². The van der Waals surface area contributed by atoms with Gasteiger partial charge in [-0.05, 0) is 31.1 Å². The molecule has 5 aromatic rings. The molecule has 2 aromatic carbocycles. The number of urea groups is 1. The first-order valence-corrected chi connectivity index (χ1v) is 13.6. The number of carbonyl (C=O) groups excluding carboxylic acids is 1. The lowest BCUT2D eigenvalue weighted by Gasteiger charge is -2.16. The number of ether oxygens (including phenoxy) is 1. The normalized spacial score (nSPS) is 13.3. The molecule has 3 heterocycles. The van der Waals surface area contributed by atoms with Gasteiger partial charge in [0.1, 0.15) is 11.6 Å². The molecule has 11 heteroatoms. The van der Waals surface area contributed by atoms with E-state index in [9.17, 15) is 9.59 Å². The molecule has 0 bridgehead atoms. The lowest BCUT2D eigenvalue weighted by molar-refractivity contribution is 0.262. The van der Waals surface area contributed by atoms with Crippen molar-refractivity contribution in [3.8, 4) is 11.5 Å². The minimum absolute atomic E-state index is 0.178. The van der Waals surface area contributed by atoms with Crippen LogP contribution in [0.2, 0.25) is 0 Å². The Hall–Kier alpha value is -5.45. The van der Waals surface area contributed by atoms with Crippen LogP contribution in [-0.2, 0) is 5.41 Å². The van der Waals surface area contributed by atoms with E-state index in [0.29, 0.717) is 28.5 Å². The maximum atomic E-state index is 13.3. The lowest BCUT2D eigenvalue weighted by atomic mass is 9.92.